The Morgan fingerprint density at radius 3 is 2.58 bits per heavy atom. The van der Waals surface area contributed by atoms with E-state index in [-0.39, 0.29) is 6.10 Å². The average molecular weight is 438 g/mol. The van der Waals surface area contributed by atoms with E-state index in [9.17, 15) is 0 Å². The van der Waals surface area contributed by atoms with E-state index in [1.54, 1.807) is 0 Å². The number of nitrogens with one attached hydrogen (secondary N) is 1. The highest BCUT2D eigenvalue weighted by molar-refractivity contribution is 9.10. The quantitative estimate of drug-likeness (QED) is 0.559. The molecule has 1 fully saturated rings. The molecule has 0 saturated carbocycles. The molecule has 1 N–H and O–H groups in total. The maximum atomic E-state index is 6.56. The van der Waals surface area contributed by atoms with Crippen LogP contribution in [-0.2, 0) is 6.54 Å². The first-order valence-corrected chi connectivity index (χ1v) is 10.4. The molecule has 0 atom stereocenters. The summed E-state index contributed by atoms with van der Waals surface area (Å²) < 4.78 is 6.96. The minimum absolute atomic E-state index is 0.146. The predicted octanol–water partition coefficient (Wildman–Crippen LogP) is 6.49. The molecule has 140 valence electrons. The van der Waals surface area contributed by atoms with E-state index in [1.165, 1.54) is 19.3 Å². The van der Waals surface area contributed by atoms with E-state index in [1.807, 2.05) is 32.0 Å². The van der Waals surface area contributed by atoms with Crippen molar-refractivity contribution >= 4 is 38.9 Å². The summed E-state index contributed by atoms with van der Waals surface area (Å²) in [6.07, 6.45) is 3.96. The van der Waals surface area contributed by atoms with Crippen LogP contribution in [0.4, 0.5) is 11.4 Å². The number of nitrogens with zero attached hydrogens (tertiary/aromatic N) is 1. The van der Waals surface area contributed by atoms with Crippen LogP contribution in [-0.4, -0.2) is 19.2 Å². The minimum Gasteiger partial charge on any atom is -0.491 e. The van der Waals surface area contributed by atoms with E-state index in [2.05, 4.69) is 44.3 Å². The molecule has 1 aliphatic heterocycles. The third-order valence-corrected chi connectivity index (χ3v) is 5.31. The van der Waals surface area contributed by atoms with Gasteiger partial charge in [-0.3, -0.25) is 0 Å². The highest BCUT2D eigenvalue weighted by Gasteiger charge is 2.14. The molecule has 2 aromatic rings. The minimum atomic E-state index is 0.146. The molecule has 3 rings (SSSR count). The van der Waals surface area contributed by atoms with Crippen molar-refractivity contribution in [2.75, 3.05) is 23.3 Å². The van der Waals surface area contributed by atoms with Gasteiger partial charge in [0, 0.05) is 35.4 Å². The molecule has 1 heterocycles. The Morgan fingerprint density at radius 1 is 1.12 bits per heavy atom. The van der Waals surface area contributed by atoms with Crippen molar-refractivity contribution in [2.45, 2.75) is 45.8 Å². The van der Waals surface area contributed by atoms with Crippen LogP contribution in [0.25, 0.3) is 0 Å². The lowest BCUT2D eigenvalue weighted by molar-refractivity contribution is 0.240. The molecule has 26 heavy (non-hydrogen) atoms. The van der Waals surface area contributed by atoms with Crippen molar-refractivity contribution in [3.63, 3.8) is 0 Å². The topological polar surface area (TPSA) is 24.5 Å². The van der Waals surface area contributed by atoms with Crippen LogP contribution < -0.4 is 15.0 Å². The smallest absolute Gasteiger partial charge is 0.124 e. The Balaban J connectivity index is 1.70. The first-order valence-electron chi connectivity index (χ1n) is 9.26. The van der Waals surface area contributed by atoms with Gasteiger partial charge in [0.25, 0.3) is 0 Å². The van der Waals surface area contributed by atoms with E-state index in [0.29, 0.717) is 6.54 Å². The van der Waals surface area contributed by atoms with Gasteiger partial charge in [-0.25, -0.2) is 0 Å². The van der Waals surface area contributed by atoms with Gasteiger partial charge in [0.05, 0.1) is 16.8 Å². The molecule has 0 bridgehead atoms. The van der Waals surface area contributed by atoms with Gasteiger partial charge in [-0.05, 0) is 69.5 Å². The Kier molecular flexibility index (Phi) is 6.71. The molecule has 1 saturated heterocycles. The van der Waals surface area contributed by atoms with Gasteiger partial charge in [-0.2, -0.15) is 0 Å². The lowest BCUT2D eigenvalue weighted by atomic mass is 10.1. The molecule has 0 radical (unpaired) electrons. The van der Waals surface area contributed by atoms with Gasteiger partial charge < -0.3 is 15.0 Å². The van der Waals surface area contributed by atoms with Crippen molar-refractivity contribution in [3.05, 3.63) is 51.5 Å². The molecular weight excluding hydrogens is 412 g/mol. The Morgan fingerprint density at radius 2 is 1.88 bits per heavy atom. The summed E-state index contributed by atoms with van der Waals surface area (Å²) in [7, 11) is 0. The van der Waals surface area contributed by atoms with Crippen LogP contribution >= 0.6 is 27.5 Å². The lowest BCUT2D eigenvalue weighted by Gasteiger charge is -2.29. The fourth-order valence-corrected chi connectivity index (χ4v) is 3.97. The van der Waals surface area contributed by atoms with Gasteiger partial charge in [-0.1, -0.05) is 27.5 Å². The van der Waals surface area contributed by atoms with E-state index in [4.69, 9.17) is 16.3 Å². The largest absolute Gasteiger partial charge is 0.491 e. The summed E-state index contributed by atoms with van der Waals surface area (Å²) in [5.41, 5.74) is 3.28. The Hall–Kier alpha value is -1.39. The molecule has 0 spiro atoms. The third kappa shape index (κ3) is 5.08. The second-order valence-corrected chi connectivity index (χ2v) is 8.31. The van der Waals surface area contributed by atoms with Gasteiger partial charge in [0.1, 0.15) is 5.75 Å². The molecule has 0 unspecified atom stereocenters. The number of benzene rings is 2. The predicted molar refractivity (Wildman–Crippen MR) is 115 cm³/mol. The number of piperidine rings is 1. The Labute approximate surface area is 169 Å². The first-order chi connectivity index (χ1) is 12.5. The molecule has 5 heteroatoms. The summed E-state index contributed by atoms with van der Waals surface area (Å²) in [6, 6.07) is 12.4. The van der Waals surface area contributed by atoms with E-state index in [0.717, 1.165) is 45.3 Å². The van der Waals surface area contributed by atoms with Crippen molar-refractivity contribution in [3.8, 4) is 5.75 Å². The molecular formula is C21H26BrClN2O. The van der Waals surface area contributed by atoms with Crippen LogP contribution in [0, 0.1) is 0 Å². The zero-order valence-electron chi connectivity index (χ0n) is 15.4. The molecule has 3 nitrogen and oxygen atoms in total. The second kappa shape index (κ2) is 9.01. The summed E-state index contributed by atoms with van der Waals surface area (Å²) in [5.74, 6) is 0.909. The van der Waals surface area contributed by atoms with Gasteiger partial charge in [-0.15, -0.1) is 0 Å². The number of ether oxygens (including phenoxy) is 1. The maximum absolute atomic E-state index is 6.56. The molecule has 0 aliphatic carbocycles. The zero-order valence-corrected chi connectivity index (χ0v) is 17.7. The van der Waals surface area contributed by atoms with Crippen LogP contribution in [0.1, 0.15) is 38.7 Å². The monoisotopic (exact) mass is 436 g/mol. The number of anilines is 2. The highest BCUT2D eigenvalue weighted by atomic mass is 79.9. The van der Waals surface area contributed by atoms with Crippen LogP contribution in [0.3, 0.4) is 0 Å². The highest BCUT2D eigenvalue weighted by Crippen LogP contribution is 2.31. The van der Waals surface area contributed by atoms with Crippen molar-refractivity contribution in [1.82, 2.24) is 0 Å². The first kappa shape index (κ1) is 19.4. The summed E-state index contributed by atoms with van der Waals surface area (Å²) in [5, 5.41) is 4.28. The van der Waals surface area contributed by atoms with Crippen molar-refractivity contribution in [2.24, 2.45) is 0 Å². The number of halogens is 2. The molecule has 2 aromatic carbocycles. The van der Waals surface area contributed by atoms with Crippen molar-refractivity contribution in [1.29, 1.82) is 0 Å². The van der Waals surface area contributed by atoms with Gasteiger partial charge in [0.15, 0.2) is 0 Å². The number of hydrogen-bond donors (Lipinski definition) is 1. The maximum Gasteiger partial charge on any atom is 0.124 e. The number of hydrogen-bond acceptors (Lipinski definition) is 3. The van der Waals surface area contributed by atoms with Crippen LogP contribution in [0.15, 0.2) is 40.9 Å². The average Bonchev–Trinajstić information content (AvgIpc) is 2.62. The van der Waals surface area contributed by atoms with E-state index < -0.39 is 0 Å². The van der Waals surface area contributed by atoms with Gasteiger partial charge in [0.2, 0.25) is 0 Å². The molecule has 0 amide bonds. The normalized spacial score (nSPS) is 14.6. The van der Waals surface area contributed by atoms with Gasteiger partial charge >= 0.3 is 0 Å². The fourth-order valence-electron chi connectivity index (χ4n) is 3.26. The van der Waals surface area contributed by atoms with Crippen molar-refractivity contribution < 1.29 is 4.74 Å². The van der Waals surface area contributed by atoms with Crippen LogP contribution in [0.2, 0.25) is 5.02 Å². The van der Waals surface area contributed by atoms with Crippen LogP contribution in [0.5, 0.6) is 5.75 Å². The van der Waals surface area contributed by atoms with E-state index >= 15 is 0 Å². The SMILES string of the molecule is CC(C)Oc1ccc(Br)cc1CNc1ccc(N2CCCCC2)c(Cl)c1. The Bertz CT molecular complexity index is 745. The fraction of sp³-hybridized carbons (Fsp3) is 0.429. The molecule has 0 aromatic heterocycles. The summed E-state index contributed by atoms with van der Waals surface area (Å²) in [4.78, 5) is 2.39. The zero-order chi connectivity index (χ0) is 18.5. The third-order valence-electron chi connectivity index (χ3n) is 4.51. The standard InChI is InChI=1S/C21H26BrClN2O/c1-15(2)26-21-9-6-17(22)12-16(21)14-24-18-7-8-20(19(23)13-18)25-10-4-3-5-11-25/h6-9,12-13,15,24H,3-5,10-11,14H2,1-2H3. The summed E-state index contributed by atoms with van der Waals surface area (Å²) in [6.45, 7) is 6.96. The molecule has 1 aliphatic rings. The summed E-state index contributed by atoms with van der Waals surface area (Å²) >= 11 is 10.1. The lowest BCUT2D eigenvalue weighted by Crippen LogP contribution is -2.29. The number of rotatable bonds is 6. The second-order valence-electron chi connectivity index (χ2n) is 6.99.